The molecule has 5 heteroatoms. The van der Waals surface area contributed by atoms with Gasteiger partial charge in [-0.05, 0) is 38.8 Å². The number of para-hydroxylation sites is 1. The first kappa shape index (κ1) is 17.3. The molecule has 0 bridgehead atoms. The first-order chi connectivity index (χ1) is 9.44. The Bertz CT molecular complexity index is 514. The molecule has 0 heterocycles. The first-order valence-corrected chi connectivity index (χ1v) is 9.27. The van der Waals surface area contributed by atoms with Crippen molar-refractivity contribution < 1.29 is 8.42 Å². The molecule has 0 spiro atoms. The number of rotatable bonds is 8. The molecule has 0 radical (unpaired) electrons. The van der Waals surface area contributed by atoms with Crippen molar-refractivity contribution in [2.45, 2.75) is 44.6 Å². The van der Waals surface area contributed by atoms with E-state index in [4.69, 9.17) is 11.6 Å². The third-order valence-corrected chi connectivity index (χ3v) is 5.37. The molecule has 0 unspecified atom stereocenters. The lowest BCUT2D eigenvalue weighted by molar-refractivity contribution is 0.592. The number of halogens is 1. The van der Waals surface area contributed by atoms with E-state index in [1.807, 2.05) is 19.1 Å². The van der Waals surface area contributed by atoms with E-state index in [-0.39, 0.29) is 11.8 Å². The molecule has 3 nitrogen and oxygen atoms in total. The Morgan fingerprint density at radius 1 is 1.25 bits per heavy atom. The van der Waals surface area contributed by atoms with Gasteiger partial charge in [-0.1, -0.05) is 19.1 Å². The molecule has 0 N–H and O–H groups in total. The molecule has 0 aromatic heterocycles. The monoisotopic (exact) mass is 317 g/mol. The summed E-state index contributed by atoms with van der Waals surface area (Å²) in [5.41, 5.74) is 0.793. The van der Waals surface area contributed by atoms with E-state index < -0.39 is 9.84 Å². The maximum atomic E-state index is 12.4. The van der Waals surface area contributed by atoms with E-state index in [1.54, 1.807) is 12.1 Å². The summed E-state index contributed by atoms with van der Waals surface area (Å²) < 4.78 is 24.8. The van der Waals surface area contributed by atoms with Crippen molar-refractivity contribution in [3.05, 3.63) is 24.3 Å². The van der Waals surface area contributed by atoms with Crippen LogP contribution in [0, 0.1) is 0 Å². The van der Waals surface area contributed by atoms with Gasteiger partial charge in [0.25, 0.3) is 0 Å². The highest BCUT2D eigenvalue weighted by Gasteiger charge is 2.22. The average Bonchev–Trinajstić information content (AvgIpc) is 2.39. The van der Waals surface area contributed by atoms with Crippen LogP contribution in [0.5, 0.6) is 0 Å². The first-order valence-electron chi connectivity index (χ1n) is 7.08. The zero-order chi connectivity index (χ0) is 15.2. The molecule has 114 valence electrons. The molecule has 20 heavy (non-hydrogen) atoms. The van der Waals surface area contributed by atoms with E-state index in [0.29, 0.717) is 17.2 Å². The van der Waals surface area contributed by atoms with Crippen LogP contribution < -0.4 is 4.90 Å². The molecule has 0 amide bonds. The zero-order valence-electron chi connectivity index (χ0n) is 12.5. The molecule has 0 saturated heterocycles. The van der Waals surface area contributed by atoms with Gasteiger partial charge in [-0.3, -0.25) is 0 Å². The summed E-state index contributed by atoms with van der Waals surface area (Å²) in [6, 6.07) is 7.49. The second-order valence-corrected chi connectivity index (χ2v) is 7.57. The van der Waals surface area contributed by atoms with Crippen molar-refractivity contribution >= 4 is 27.1 Å². The highest BCUT2D eigenvalue weighted by Crippen LogP contribution is 2.28. The van der Waals surface area contributed by atoms with E-state index in [0.717, 1.165) is 18.7 Å². The average molecular weight is 318 g/mol. The van der Waals surface area contributed by atoms with E-state index in [2.05, 4.69) is 18.7 Å². The van der Waals surface area contributed by atoms with Crippen LogP contribution in [0.1, 0.15) is 33.6 Å². The van der Waals surface area contributed by atoms with Crippen molar-refractivity contribution in [2.75, 3.05) is 23.1 Å². The Kier molecular flexibility index (Phi) is 6.83. The summed E-state index contributed by atoms with van der Waals surface area (Å²) in [5, 5.41) is 0. The van der Waals surface area contributed by atoms with Gasteiger partial charge in [0.2, 0.25) is 0 Å². The van der Waals surface area contributed by atoms with Crippen LogP contribution in [0.25, 0.3) is 0 Å². The van der Waals surface area contributed by atoms with Gasteiger partial charge in [0, 0.05) is 18.5 Å². The minimum atomic E-state index is -3.22. The lowest BCUT2D eigenvalue weighted by Gasteiger charge is -2.30. The second kappa shape index (κ2) is 7.89. The fraction of sp³-hybridized carbons (Fsp3) is 0.600. The number of alkyl halides is 1. The zero-order valence-corrected chi connectivity index (χ0v) is 14.0. The van der Waals surface area contributed by atoms with Crippen molar-refractivity contribution in [2.24, 2.45) is 0 Å². The predicted molar refractivity (Wildman–Crippen MR) is 86.6 cm³/mol. The summed E-state index contributed by atoms with van der Waals surface area (Å²) >= 11 is 5.77. The van der Waals surface area contributed by atoms with Gasteiger partial charge >= 0.3 is 0 Å². The van der Waals surface area contributed by atoms with Gasteiger partial charge in [-0.25, -0.2) is 8.42 Å². The smallest absolute Gasteiger partial charge is 0.180 e. The lowest BCUT2D eigenvalue weighted by atomic mass is 10.2. The van der Waals surface area contributed by atoms with Gasteiger partial charge in [0.1, 0.15) is 0 Å². The molecule has 1 aromatic carbocycles. The molecule has 1 rings (SSSR count). The van der Waals surface area contributed by atoms with Crippen LogP contribution in [-0.2, 0) is 9.84 Å². The van der Waals surface area contributed by atoms with Crippen LogP contribution in [0.4, 0.5) is 5.69 Å². The summed E-state index contributed by atoms with van der Waals surface area (Å²) in [5.74, 6) is 0.762. The second-order valence-electron chi connectivity index (χ2n) is 5.12. The number of anilines is 1. The quantitative estimate of drug-likeness (QED) is 0.686. The van der Waals surface area contributed by atoms with Gasteiger partial charge < -0.3 is 4.90 Å². The fourth-order valence-corrected chi connectivity index (χ4v) is 3.89. The third kappa shape index (κ3) is 4.38. The van der Waals surface area contributed by atoms with Crippen molar-refractivity contribution in [3.63, 3.8) is 0 Å². The Hall–Kier alpha value is -0.740. The molecular formula is C15H24ClNO2S. The van der Waals surface area contributed by atoms with E-state index in [9.17, 15) is 8.42 Å². The molecule has 1 aromatic rings. The predicted octanol–water partition coefficient (Wildman–Crippen LogP) is 3.71. The maximum absolute atomic E-state index is 12.4. The van der Waals surface area contributed by atoms with Crippen LogP contribution in [0.3, 0.4) is 0 Å². The molecule has 0 aliphatic rings. The molecule has 0 saturated carbocycles. The van der Waals surface area contributed by atoms with Crippen LogP contribution in [-0.4, -0.2) is 32.6 Å². The van der Waals surface area contributed by atoms with Gasteiger partial charge in [-0.2, -0.15) is 0 Å². The van der Waals surface area contributed by atoms with E-state index in [1.165, 1.54) is 0 Å². The largest absolute Gasteiger partial charge is 0.368 e. The topological polar surface area (TPSA) is 37.4 Å². The molecular weight excluding hydrogens is 294 g/mol. The third-order valence-electron chi connectivity index (χ3n) is 3.14. The van der Waals surface area contributed by atoms with Crippen molar-refractivity contribution in [1.82, 2.24) is 0 Å². The van der Waals surface area contributed by atoms with Gasteiger partial charge in [0.05, 0.1) is 16.3 Å². The number of hydrogen-bond acceptors (Lipinski definition) is 3. The highest BCUT2D eigenvalue weighted by atomic mass is 35.5. The molecule has 0 atom stereocenters. The SMILES string of the molecule is CCCS(=O)(=O)c1ccccc1N(CCCCl)C(C)C. The lowest BCUT2D eigenvalue weighted by Crippen LogP contribution is -2.33. The minimum Gasteiger partial charge on any atom is -0.368 e. The number of hydrogen-bond donors (Lipinski definition) is 0. The Morgan fingerprint density at radius 3 is 2.45 bits per heavy atom. The normalized spacial score (nSPS) is 11.8. The number of nitrogens with zero attached hydrogens (tertiary/aromatic N) is 1. The maximum Gasteiger partial charge on any atom is 0.180 e. The van der Waals surface area contributed by atoms with Crippen LogP contribution in [0.15, 0.2) is 29.2 Å². The van der Waals surface area contributed by atoms with Crippen molar-refractivity contribution in [1.29, 1.82) is 0 Å². The Morgan fingerprint density at radius 2 is 1.90 bits per heavy atom. The number of benzene rings is 1. The number of sulfone groups is 1. The van der Waals surface area contributed by atoms with Crippen LogP contribution in [0.2, 0.25) is 0 Å². The van der Waals surface area contributed by atoms with Gasteiger partial charge in [-0.15, -0.1) is 11.6 Å². The fourth-order valence-electron chi connectivity index (χ4n) is 2.22. The highest BCUT2D eigenvalue weighted by molar-refractivity contribution is 7.91. The molecule has 0 aliphatic heterocycles. The molecule has 0 fully saturated rings. The summed E-state index contributed by atoms with van der Waals surface area (Å²) in [6.07, 6.45) is 1.46. The summed E-state index contributed by atoms with van der Waals surface area (Å²) in [7, 11) is -3.22. The Labute approximate surface area is 127 Å². The Balaban J connectivity index is 3.22. The summed E-state index contributed by atoms with van der Waals surface area (Å²) in [6.45, 7) is 6.78. The van der Waals surface area contributed by atoms with E-state index >= 15 is 0 Å². The van der Waals surface area contributed by atoms with Crippen LogP contribution >= 0.6 is 11.6 Å². The standard InChI is InChI=1S/C15H24ClNO2S/c1-4-12-20(18,19)15-9-6-5-8-14(15)17(13(2)3)11-7-10-16/h5-6,8-9,13H,4,7,10-12H2,1-3H3. The van der Waals surface area contributed by atoms with Gasteiger partial charge in [0.15, 0.2) is 9.84 Å². The summed E-state index contributed by atoms with van der Waals surface area (Å²) in [4.78, 5) is 2.55. The minimum absolute atomic E-state index is 0.186. The van der Waals surface area contributed by atoms with Crippen molar-refractivity contribution in [3.8, 4) is 0 Å². The molecule has 0 aliphatic carbocycles.